The monoisotopic (exact) mass is 373 g/mol. The Morgan fingerprint density at radius 3 is 2.35 bits per heavy atom. The van der Waals surface area contributed by atoms with Crippen LogP contribution in [-0.4, -0.2) is 18.8 Å². The quantitative estimate of drug-likeness (QED) is 0.774. The fourth-order valence-corrected chi connectivity index (χ4v) is 4.76. The lowest BCUT2D eigenvalue weighted by atomic mass is 10.2. The zero-order valence-corrected chi connectivity index (χ0v) is 14.4. The highest BCUT2D eigenvalue weighted by molar-refractivity contribution is 7.89. The first-order chi connectivity index (χ1) is 10.9. The minimum atomic E-state index is -3.78. The molecule has 0 amide bonds. The Hall–Kier alpha value is -1.14. The second-order valence-electron chi connectivity index (χ2n) is 5.46. The molecule has 7 heteroatoms. The van der Waals surface area contributed by atoms with Crippen molar-refractivity contribution in [1.82, 2.24) is 4.31 Å². The van der Waals surface area contributed by atoms with Crippen molar-refractivity contribution in [2.45, 2.75) is 30.3 Å². The summed E-state index contributed by atoms with van der Waals surface area (Å²) in [5.74, 6) is -0.354. The molecule has 2 aromatic rings. The van der Waals surface area contributed by atoms with Crippen LogP contribution in [0.4, 0.5) is 4.39 Å². The van der Waals surface area contributed by atoms with E-state index < -0.39 is 10.0 Å². The third-order valence-electron chi connectivity index (χ3n) is 3.71. The molecule has 3 nitrogen and oxygen atoms in total. The molecule has 0 unspecified atom stereocenters. The Balaban J connectivity index is 1.97. The minimum absolute atomic E-state index is 0.000628. The fourth-order valence-electron chi connectivity index (χ4n) is 2.35. The lowest BCUT2D eigenvalue weighted by Gasteiger charge is -2.23. The standard InChI is InChI=1S/C16H14Cl2FNO2S/c17-14-2-1-3-15(16(14)18)23(21,22)20(13-8-9-13)10-11-4-6-12(19)7-5-11/h1-7,13H,8-10H2. The number of benzene rings is 2. The van der Waals surface area contributed by atoms with E-state index in [9.17, 15) is 12.8 Å². The number of rotatable bonds is 5. The Labute approximate surface area is 144 Å². The zero-order chi connectivity index (χ0) is 16.6. The second-order valence-corrected chi connectivity index (χ2v) is 8.10. The van der Waals surface area contributed by atoms with E-state index in [1.807, 2.05) is 0 Å². The Bertz CT molecular complexity index is 820. The second kappa shape index (κ2) is 6.40. The van der Waals surface area contributed by atoms with Crippen molar-refractivity contribution in [2.24, 2.45) is 0 Å². The van der Waals surface area contributed by atoms with Crippen molar-refractivity contribution < 1.29 is 12.8 Å². The molecule has 122 valence electrons. The first-order valence-corrected chi connectivity index (χ1v) is 9.29. The van der Waals surface area contributed by atoms with Crippen LogP contribution in [0.1, 0.15) is 18.4 Å². The van der Waals surface area contributed by atoms with E-state index in [0.717, 1.165) is 18.4 Å². The van der Waals surface area contributed by atoms with Gasteiger partial charge in [0.2, 0.25) is 10.0 Å². The van der Waals surface area contributed by atoms with Crippen molar-refractivity contribution in [3.8, 4) is 0 Å². The average molecular weight is 374 g/mol. The average Bonchev–Trinajstić information content (AvgIpc) is 3.33. The highest BCUT2D eigenvalue weighted by atomic mass is 35.5. The first-order valence-electron chi connectivity index (χ1n) is 7.10. The summed E-state index contributed by atoms with van der Waals surface area (Å²) in [6.07, 6.45) is 1.61. The molecule has 0 saturated heterocycles. The van der Waals surface area contributed by atoms with Crippen LogP contribution < -0.4 is 0 Å². The van der Waals surface area contributed by atoms with E-state index in [-0.39, 0.29) is 33.3 Å². The lowest BCUT2D eigenvalue weighted by molar-refractivity contribution is 0.398. The van der Waals surface area contributed by atoms with Crippen LogP contribution in [0.3, 0.4) is 0 Å². The molecule has 0 aromatic heterocycles. The summed E-state index contributed by atoms with van der Waals surface area (Å²) in [6.45, 7) is 0.177. The van der Waals surface area contributed by atoms with Crippen LogP contribution in [0.5, 0.6) is 0 Å². The van der Waals surface area contributed by atoms with E-state index in [1.165, 1.54) is 22.5 Å². The van der Waals surface area contributed by atoms with Gasteiger partial charge in [0.05, 0.1) is 10.0 Å². The van der Waals surface area contributed by atoms with Gasteiger partial charge in [-0.25, -0.2) is 12.8 Å². The number of halogens is 3. The minimum Gasteiger partial charge on any atom is -0.207 e. The SMILES string of the molecule is O=S(=O)(c1cccc(Cl)c1Cl)N(Cc1ccc(F)cc1)C1CC1. The summed E-state index contributed by atoms with van der Waals surface area (Å²) in [7, 11) is -3.78. The van der Waals surface area contributed by atoms with E-state index in [0.29, 0.717) is 0 Å². The van der Waals surface area contributed by atoms with Crippen molar-refractivity contribution in [1.29, 1.82) is 0 Å². The van der Waals surface area contributed by atoms with E-state index in [1.54, 1.807) is 24.3 Å². The van der Waals surface area contributed by atoms with E-state index >= 15 is 0 Å². The van der Waals surface area contributed by atoms with Gasteiger partial charge >= 0.3 is 0 Å². The van der Waals surface area contributed by atoms with Gasteiger partial charge in [0, 0.05) is 12.6 Å². The summed E-state index contributed by atoms with van der Waals surface area (Å²) in [5, 5.41) is 0.226. The fraction of sp³-hybridized carbons (Fsp3) is 0.250. The summed E-state index contributed by atoms with van der Waals surface area (Å²) in [4.78, 5) is 0.000628. The molecule has 0 N–H and O–H groups in total. The number of sulfonamides is 1. The predicted octanol–water partition coefficient (Wildman–Crippen LogP) is 4.49. The van der Waals surface area contributed by atoms with Gasteiger partial charge in [-0.3, -0.25) is 0 Å². The molecule has 1 fully saturated rings. The van der Waals surface area contributed by atoms with E-state index in [2.05, 4.69) is 0 Å². The van der Waals surface area contributed by atoms with Crippen molar-refractivity contribution >= 4 is 33.2 Å². The molecule has 23 heavy (non-hydrogen) atoms. The van der Waals surface area contributed by atoms with Crippen molar-refractivity contribution in [3.63, 3.8) is 0 Å². The van der Waals surface area contributed by atoms with Crippen LogP contribution in [0.2, 0.25) is 10.0 Å². The molecule has 0 bridgehead atoms. The van der Waals surface area contributed by atoms with Crippen LogP contribution in [0, 0.1) is 5.82 Å². The number of hydrogen-bond acceptors (Lipinski definition) is 2. The maximum atomic E-state index is 13.0. The molecule has 1 saturated carbocycles. The largest absolute Gasteiger partial charge is 0.245 e. The van der Waals surface area contributed by atoms with Gasteiger partial charge in [-0.15, -0.1) is 0 Å². The van der Waals surface area contributed by atoms with Gasteiger partial charge < -0.3 is 0 Å². The van der Waals surface area contributed by atoms with Gasteiger partial charge in [-0.2, -0.15) is 4.31 Å². The molecule has 0 aliphatic heterocycles. The molecule has 0 spiro atoms. The number of nitrogens with zero attached hydrogens (tertiary/aromatic N) is 1. The van der Waals surface area contributed by atoms with Crippen molar-refractivity contribution in [3.05, 3.63) is 63.9 Å². The Morgan fingerprint density at radius 2 is 1.74 bits per heavy atom. The van der Waals surface area contributed by atoms with Crippen LogP contribution in [-0.2, 0) is 16.6 Å². The Morgan fingerprint density at radius 1 is 1.09 bits per heavy atom. The highest BCUT2D eigenvalue weighted by Crippen LogP contribution is 2.37. The third kappa shape index (κ3) is 3.53. The van der Waals surface area contributed by atoms with Gasteiger partial charge in [0.1, 0.15) is 10.7 Å². The Kier molecular flexibility index (Phi) is 4.65. The molecule has 3 rings (SSSR count). The molecule has 1 aliphatic rings. The smallest absolute Gasteiger partial charge is 0.207 e. The molecule has 1 aliphatic carbocycles. The summed E-state index contributed by atoms with van der Waals surface area (Å²) >= 11 is 12.0. The maximum absolute atomic E-state index is 13.0. The van der Waals surface area contributed by atoms with Crippen LogP contribution in [0.25, 0.3) is 0 Å². The zero-order valence-electron chi connectivity index (χ0n) is 12.0. The molecule has 0 heterocycles. The maximum Gasteiger partial charge on any atom is 0.245 e. The third-order valence-corrected chi connectivity index (χ3v) is 6.58. The summed E-state index contributed by atoms with van der Waals surface area (Å²) < 4.78 is 40.4. The lowest BCUT2D eigenvalue weighted by Crippen LogP contribution is -2.32. The van der Waals surface area contributed by atoms with E-state index in [4.69, 9.17) is 23.2 Å². The topological polar surface area (TPSA) is 37.4 Å². The van der Waals surface area contributed by atoms with Crippen LogP contribution in [0.15, 0.2) is 47.4 Å². The highest BCUT2D eigenvalue weighted by Gasteiger charge is 2.39. The number of hydrogen-bond donors (Lipinski definition) is 0. The van der Waals surface area contributed by atoms with Gasteiger partial charge in [-0.1, -0.05) is 41.4 Å². The predicted molar refractivity (Wildman–Crippen MR) is 88.6 cm³/mol. The summed E-state index contributed by atoms with van der Waals surface area (Å²) in [5.41, 5.74) is 0.722. The molecular weight excluding hydrogens is 360 g/mol. The molecular formula is C16H14Cl2FNO2S. The molecule has 0 atom stereocenters. The van der Waals surface area contributed by atoms with Crippen LogP contribution >= 0.6 is 23.2 Å². The molecule has 2 aromatic carbocycles. The first kappa shape index (κ1) is 16.7. The van der Waals surface area contributed by atoms with Gasteiger partial charge in [0.25, 0.3) is 0 Å². The van der Waals surface area contributed by atoms with Gasteiger partial charge in [-0.05, 0) is 42.7 Å². The summed E-state index contributed by atoms with van der Waals surface area (Å²) in [6, 6.07) is 10.3. The van der Waals surface area contributed by atoms with Gasteiger partial charge in [0.15, 0.2) is 0 Å². The van der Waals surface area contributed by atoms with Crippen molar-refractivity contribution in [2.75, 3.05) is 0 Å². The normalized spacial score (nSPS) is 15.1. The molecule has 0 radical (unpaired) electrons.